The minimum Gasteiger partial charge on any atom is -0.387 e. The van der Waals surface area contributed by atoms with Crippen molar-refractivity contribution in [3.8, 4) is 0 Å². The molecule has 1 aliphatic rings. The van der Waals surface area contributed by atoms with Gasteiger partial charge in [0, 0.05) is 6.61 Å². The highest BCUT2D eigenvalue weighted by molar-refractivity contribution is 4.93. The second-order valence-corrected chi connectivity index (χ2v) is 3.21. The van der Waals surface area contributed by atoms with E-state index in [1.807, 2.05) is 6.92 Å². The van der Waals surface area contributed by atoms with Crippen LogP contribution in [0.25, 0.3) is 0 Å². The molecule has 0 aromatic carbocycles. The maximum absolute atomic E-state index is 9.94. The Morgan fingerprint density at radius 2 is 2.55 bits per heavy atom. The fourth-order valence-corrected chi connectivity index (χ4v) is 1.51. The first kappa shape index (κ1) is 8.75. The predicted molar refractivity (Wildman–Crippen MR) is 44.4 cm³/mol. The van der Waals surface area contributed by atoms with Crippen molar-refractivity contribution in [3.05, 3.63) is 12.7 Å². The average molecular weight is 156 g/mol. The van der Waals surface area contributed by atoms with Crippen LogP contribution in [0.2, 0.25) is 0 Å². The van der Waals surface area contributed by atoms with Crippen LogP contribution in [0.5, 0.6) is 0 Å². The average Bonchev–Trinajstić information content (AvgIpc) is 1.96. The van der Waals surface area contributed by atoms with Crippen LogP contribution in [0.1, 0.15) is 26.2 Å². The first-order valence-electron chi connectivity index (χ1n) is 4.14. The molecule has 2 atom stereocenters. The summed E-state index contributed by atoms with van der Waals surface area (Å²) in [4.78, 5) is 0. The fourth-order valence-electron chi connectivity index (χ4n) is 1.51. The lowest BCUT2D eigenvalue weighted by Gasteiger charge is -2.37. The molecule has 0 aromatic rings. The van der Waals surface area contributed by atoms with Crippen molar-refractivity contribution in [1.82, 2.24) is 0 Å². The lowest BCUT2D eigenvalue weighted by Crippen LogP contribution is -2.45. The van der Waals surface area contributed by atoms with Crippen LogP contribution < -0.4 is 0 Å². The summed E-state index contributed by atoms with van der Waals surface area (Å²) < 4.78 is 5.35. The van der Waals surface area contributed by atoms with Crippen LogP contribution in [0.15, 0.2) is 12.7 Å². The molecule has 0 spiro atoms. The lowest BCUT2D eigenvalue weighted by atomic mass is 9.87. The van der Waals surface area contributed by atoms with Crippen LogP contribution in [-0.2, 0) is 4.74 Å². The van der Waals surface area contributed by atoms with E-state index >= 15 is 0 Å². The van der Waals surface area contributed by atoms with Crippen molar-refractivity contribution in [2.45, 2.75) is 37.9 Å². The van der Waals surface area contributed by atoms with Gasteiger partial charge < -0.3 is 9.84 Å². The Morgan fingerprint density at radius 1 is 1.82 bits per heavy atom. The van der Waals surface area contributed by atoms with Crippen molar-refractivity contribution in [3.63, 3.8) is 0 Å². The molecule has 1 heterocycles. The topological polar surface area (TPSA) is 29.5 Å². The summed E-state index contributed by atoms with van der Waals surface area (Å²) >= 11 is 0. The Labute approximate surface area is 67.9 Å². The second-order valence-electron chi connectivity index (χ2n) is 3.21. The highest BCUT2D eigenvalue weighted by Gasteiger charge is 2.35. The van der Waals surface area contributed by atoms with Crippen molar-refractivity contribution >= 4 is 0 Å². The van der Waals surface area contributed by atoms with E-state index in [4.69, 9.17) is 4.74 Å². The summed E-state index contributed by atoms with van der Waals surface area (Å²) in [5.41, 5.74) is -0.653. The zero-order valence-corrected chi connectivity index (χ0v) is 7.05. The molecular weight excluding hydrogens is 140 g/mol. The van der Waals surface area contributed by atoms with E-state index in [-0.39, 0.29) is 6.10 Å². The van der Waals surface area contributed by atoms with Gasteiger partial charge in [0.05, 0.1) is 11.7 Å². The molecule has 2 unspecified atom stereocenters. The quantitative estimate of drug-likeness (QED) is 0.614. The first-order chi connectivity index (χ1) is 5.19. The van der Waals surface area contributed by atoms with Crippen molar-refractivity contribution < 1.29 is 9.84 Å². The maximum Gasteiger partial charge on any atom is 0.0940 e. The van der Waals surface area contributed by atoms with E-state index in [0.717, 1.165) is 19.4 Å². The summed E-state index contributed by atoms with van der Waals surface area (Å²) in [7, 11) is 0. The third kappa shape index (κ3) is 1.82. The van der Waals surface area contributed by atoms with Gasteiger partial charge in [-0.05, 0) is 26.2 Å². The van der Waals surface area contributed by atoms with E-state index in [1.54, 1.807) is 6.08 Å². The van der Waals surface area contributed by atoms with Gasteiger partial charge in [-0.3, -0.25) is 0 Å². The van der Waals surface area contributed by atoms with Crippen molar-refractivity contribution in [1.29, 1.82) is 0 Å². The number of rotatable bonds is 2. The summed E-state index contributed by atoms with van der Waals surface area (Å²) in [6.45, 7) is 6.32. The normalized spacial score (nSPS) is 38.5. The summed E-state index contributed by atoms with van der Waals surface area (Å²) in [6, 6.07) is 0. The number of hydrogen-bond donors (Lipinski definition) is 1. The van der Waals surface area contributed by atoms with Gasteiger partial charge in [-0.2, -0.15) is 0 Å². The Kier molecular flexibility index (Phi) is 2.68. The van der Waals surface area contributed by atoms with Crippen LogP contribution in [0.3, 0.4) is 0 Å². The Hall–Kier alpha value is -0.340. The lowest BCUT2D eigenvalue weighted by molar-refractivity contribution is -0.134. The van der Waals surface area contributed by atoms with E-state index in [2.05, 4.69) is 6.58 Å². The third-order valence-corrected chi connectivity index (χ3v) is 2.38. The Bertz CT molecular complexity index is 144. The summed E-state index contributed by atoms with van der Waals surface area (Å²) in [5.74, 6) is 0. The van der Waals surface area contributed by atoms with Gasteiger partial charge in [-0.15, -0.1) is 6.58 Å². The molecule has 0 amide bonds. The summed E-state index contributed by atoms with van der Waals surface area (Å²) in [5, 5.41) is 9.94. The van der Waals surface area contributed by atoms with Gasteiger partial charge in [-0.25, -0.2) is 0 Å². The molecule has 1 aliphatic heterocycles. The van der Waals surface area contributed by atoms with Crippen LogP contribution in [0, 0.1) is 0 Å². The molecule has 1 saturated heterocycles. The van der Waals surface area contributed by atoms with E-state index in [1.165, 1.54) is 0 Å². The molecule has 0 radical (unpaired) electrons. The SMILES string of the molecule is C=CCC1(O)CCCOC1C. The van der Waals surface area contributed by atoms with Crippen molar-refractivity contribution in [2.24, 2.45) is 0 Å². The van der Waals surface area contributed by atoms with E-state index < -0.39 is 5.60 Å². The highest BCUT2D eigenvalue weighted by Crippen LogP contribution is 2.28. The van der Waals surface area contributed by atoms with Crippen LogP contribution in [0.4, 0.5) is 0 Å². The maximum atomic E-state index is 9.94. The molecule has 0 saturated carbocycles. The molecule has 11 heavy (non-hydrogen) atoms. The minimum atomic E-state index is -0.653. The van der Waals surface area contributed by atoms with Crippen LogP contribution in [-0.4, -0.2) is 23.4 Å². The fraction of sp³-hybridized carbons (Fsp3) is 0.778. The molecule has 1 rings (SSSR count). The van der Waals surface area contributed by atoms with Gasteiger partial charge in [0.1, 0.15) is 0 Å². The van der Waals surface area contributed by atoms with Gasteiger partial charge in [0.15, 0.2) is 0 Å². The number of aliphatic hydroxyl groups is 1. The first-order valence-corrected chi connectivity index (χ1v) is 4.14. The third-order valence-electron chi connectivity index (χ3n) is 2.38. The number of ether oxygens (including phenoxy) is 1. The standard InChI is InChI=1S/C9H16O2/c1-3-5-9(10)6-4-7-11-8(9)2/h3,8,10H,1,4-7H2,2H3. The molecule has 0 aliphatic carbocycles. The summed E-state index contributed by atoms with van der Waals surface area (Å²) in [6.07, 6.45) is 4.13. The smallest absolute Gasteiger partial charge is 0.0940 e. The van der Waals surface area contributed by atoms with Crippen LogP contribution >= 0.6 is 0 Å². The molecular formula is C9H16O2. The Balaban J connectivity index is 2.56. The Morgan fingerprint density at radius 3 is 3.09 bits per heavy atom. The van der Waals surface area contributed by atoms with Crippen molar-refractivity contribution in [2.75, 3.05) is 6.61 Å². The predicted octanol–water partition coefficient (Wildman–Crippen LogP) is 1.49. The van der Waals surface area contributed by atoms with Gasteiger partial charge in [-0.1, -0.05) is 6.08 Å². The monoisotopic (exact) mass is 156 g/mol. The highest BCUT2D eigenvalue weighted by atomic mass is 16.5. The molecule has 64 valence electrons. The minimum absolute atomic E-state index is 0.0470. The van der Waals surface area contributed by atoms with E-state index in [9.17, 15) is 5.11 Å². The zero-order valence-electron chi connectivity index (χ0n) is 7.05. The van der Waals surface area contributed by atoms with Gasteiger partial charge in [0.25, 0.3) is 0 Å². The largest absolute Gasteiger partial charge is 0.387 e. The molecule has 0 aromatic heterocycles. The molecule has 1 N–H and O–H groups in total. The zero-order chi connectivity index (χ0) is 8.32. The van der Waals surface area contributed by atoms with Gasteiger partial charge >= 0.3 is 0 Å². The molecule has 1 fully saturated rings. The molecule has 2 nitrogen and oxygen atoms in total. The number of hydrogen-bond acceptors (Lipinski definition) is 2. The molecule has 2 heteroatoms. The van der Waals surface area contributed by atoms with E-state index in [0.29, 0.717) is 6.42 Å². The second kappa shape index (κ2) is 3.37. The van der Waals surface area contributed by atoms with Gasteiger partial charge in [0.2, 0.25) is 0 Å². The molecule has 0 bridgehead atoms.